The molecule has 0 fully saturated rings. The Morgan fingerprint density at radius 2 is 1.65 bits per heavy atom. The van der Waals surface area contributed by atoms with Gasteiger partial charge in [0, 0.05) is 5.39 Å². The zero-order valence-corrected chi connectivity index (χ0v) is 14.2. The Morgan fingerprint density at radius 3 is 2.35 bits per heavy atom. The fourth-order valence-electron chi connectivity index (χ4n) is 2.27. The monoisotopic (exact) mass is 354 g/mol. The largest absolute Gasteiger partial charge is 0.494 e. The molecule has 0 saturated carbocycles. The highest BCUT2D eigenvalue weighted by molar-refractivity contribution is 5.97. The summed E-state index contributed by atoms with van der Waals surface area (Å²) in [6.07, 6.45) is 0. The Bertz CT molecular complexity index is 869. The number of carbonyl (C=O) groups is 2. The first kappa shape index (κ1) is 17.3. The first-order valence-electron chi connectivity index (χ1n) is 8.09. The van der Waals surface area contributed by atoms with Crippen LogP contribution >= 0.6 is 0 Å². The molecule has 0 aliphatic carbocycles. The first-order valence-corrected chi connectivity index (χ1v) is 8.09. The van der Waals surface area contributed by atoms with E-state index in [4.69, 9.17) is 13.9 Å². The molecule has 26 heavy (non-hydrogen) atoms. The molecule has 2 N–H and O–H groups in total. The third-order valence-electron chi connectivity index (χ3n) is 3.47. The number of benzene rings is 2. The van der Waals surface area contributed by atoms with Crippen molar-refractivity contribution in [2.24, 2.45) is 0 Å². The van der Waals surface area contributed by atoms with Gasteiger partial charge in [0.05, 0.1) is 6.61 Å². The van der Waals surface area contributed by atoms with Gasteiger partial charge in [0.2, 0.25) is 0 Å². The maximum Gasteiger partial charge on any atom is 0.305 e. The van der Waals surface area contributed by atoms with Gasteiger partial charge in [-0.15, -0.1) is 0 Å². The van der Waals surface area contributed by atoms with Crippen LogP contribution in [0.3, 0.4) is 0 Å². The minimum absolute atomic E-state index is 0.110. The molecule has 0 spiro atoms. The highest BCUT2D eigenvalue weighted by atomic mass is 16.5. The molecule has 0 unspecified atom stereocenters. The Balaban J connectivity index is 1.46. The van der Waals surface area contributed by atoms with Crippen molar-refractivity contribution in [2.45, 2.75) is 6.92 Å². The molecular formula is C19H18N2O5. The number of hydrazine groups is 1. The lowest BCUT2D eigenvalue weighted by Crippen LogP contribution is -2.43. The minimum atomic E-state index is -0.546. The van der Waals surface area contributed by atoms with Gasteiger partial charge in [0.1, 0.15) is 17.1 Å². The van der Waals surface area contributed by atoms with Crippen molar-refractivity contribution in [3.63, 3.8) is 0 Å². The van der Waals surface area contributed by atoms with Crippen LogP contribution in [0.15, 0.2) is 59.0 Å². The number of fused-ring (bicyclic) bond motifs is 1. The van der Waals surface area contributed by atoms with Gasteiger partial charge in [-0.1, -0.05) is 18.2 Å². The highest BCUT2D eigenvalue weighted by Crippen LogP contribution is 2.18. The molecule has 3 rings (SSSR count). The second-order valence-corrected chi connectivity index (χ2v) is 5.34. The molecule has 2 amide bonds. The Kier molecular flexibility index (Phi) is 5.38. The lowest BCUT2D eigenvalue weighted by molar-refractivity contribution is -0.123. The number of hydrogen-bond acceptors (Lipinski definition) is 5. The van der Waals surface area contributed by atoms with Gasteiger partial charge in [-0.05, 0) is 43.3 Å². The zero-order valence-electron chi connectivity index (χ0n) is 14.2. The van der Waals surface area contributed by atoms with E-state index in [1.807, 2.05) is 25.1 Å². The molecule has 0 saturated heterocycles. The van der Waals surface area contributed by atoms with Gasteiger partial charge in [0.15, 0.2) is 12.4 Å². The smallest absolute Gasteiger partial charge is 0.305 e. The first-order chi connectivity index (χ1) is 12.7. The average molecular weight is 354 g/mol. The molecule has 2 aromatic carbocycles. The van der Waals surface area contributed by atoms with Crippen LogP contribution in [0.25, 0.3) is 11.0 Å². The summed E-state index contributed by atoms with van der Waals surface area (Å²) in [4.78, 5) is 23.8. The quantitative estimate of drug-likeness (QED) is 0.664. The summed E-state index contributed by atoms with van der Waals surface area (Å²) in [5, 5.41) is 0.808. The van der Waals surface area contributed by atoms with Crippen molar-refractivity contribution in [1.82, 2.24) is 10.9 Å². The highest BCUT2D eigenvalue weighted by Gasteiger charge is 2.13. The minimum Gasteiger partial charge on any atom is -0.494 e. The van der Waals surface area contributed by atoms with Gasteiger partial charge in [-0.3, -0.25) is 20.4 Å². The number of amides is 2. The van der Waals surface area contributed by atoms with Gasteiger partial charge >= 0.3 is 5.91 Å². The van der Waals surface area contributed by atoms with E-state index in [0.29, 0.717) is 17.9 Å². The summed E-state index contributed by atoms with van der Waals surface area (Å²) in [5.41, 5.74) is 5.17. The standard InChI is InChI=1S/C19H18N2O5/c1-2-24-14-7-9-15(10-8-14)25-12-18(22)20-21-19(23)17-11-13-5-3-4-6-16(13)26-17/h3-11H,2,12H2,1H3,(H,20,22)(H,21,23). The number of para-hydroxylation sites is 1. The molecule has 0 bridgehead atoms. The molecule has 0 aliphatic rings. The summed E-state index contributed by atoms with van der Waals surface area (Å²) in [6, 6.07) is 15.8. The fraction of sp³-hybridized carbons (Fsp3) is 0.158. The van der Waals surface area contributed by atoms with E-state index in [1.54, 1.807) is 36.4 Å². The van der Waals surface area contributed by atoms with E-state index < -0.39 is 11.8 Å². The number of hydrogen-bond donors (Lipinski definition) is 2. The van der Waals surface area contributed by atoms with Crippen molar-refractivity contribution in [3.8, 4) is 11.5 Å². The summed E-state index contributed by atoms with van der Waals surface area (Å²) in [7, 11) is 0. The summed E-state index contributed by atoms with van der Waals surface area (Å²) in [5.74, 6) is 0.313. The SMILES string of the molecule is CCOc1ccc(OCC(=O)NNC(=O)c2cc3ccccc3o2)cc1. The maximum absolute atomic E-state index is 12.0. The van der Waals surface area contributed by atoms with Crippen LogP contribution in [0.5, 0.6) is 11.5 Å². The van der Waals surface area contributed by atoms with Crippen molar-refractivity contribution in [2.75, 3.05) is 13.2 Å². The third kappa shape index (κ3) is 4.32. The molecule has 1 heterocycles. The number of rotatable bonds is 6. The van der Waals surface area contributed by atoms with Crippen molar-refractivity contribution in [1.29, 1.82) is 0 Å². The predicted molar refractivity (Wildman–Crippen MR) is 94.9 cm³/mol. The van der Waals surface area contributed by atoms with E-state index in [-0.39, 0.29) is 12.4 Å². The molecule has 7 nitrogen and oxygen atoms in total. The molecular weight excluding hydrogens is 336 g/mol. The number of furan rings is 1. The molecule has 0 aliphatic heterocycles. The predicted octanol–water partition coefficient (Wildman–Crippen LogP) is 2.67. The van der Waals surface area contributed by atoms with Gasteiger partial charge in [-0.25, -0.2) is 0 Å². The van der Waals surface area contributed by atoms with E-state index in [1.165, 1.54) is 0 Å². The molecule has 0 radical (unpaired) electrons. The van der Waals surface area contributed by atoms with Crippen LogP contribution in [0.2, 0.25) is 0 Å². The van der Waals surface area contributed by atoms with Crippen LogP contribution in [-0.4, -0.2) is 25.0 Å². The number of carbonyl (C=O) groups excluding carboxylic acids is 2. The second kappa shape index (κ2) is 8.06. The number of nitrogens with one attached hydrogen (secondary N) is 2. The van der Waals surface area contributed by atoms with Gasteiger partial charge in [-0.2, -0.15) is 0 Å². The maximum atomic E-state index is 12.0. The Morgan fingerprint density at radius 1 is 0.962 bits per heavy atom. The fourth-order valence-corrected chi connectivity index (χ4v) is 2.27. The van der Waals surface area contributed by atoms with E-state index >= 15 is 0 Å². The van der Waals surface area contributed by atoms with E-state index in [2.05, 4.69) is 10.9 Å². The third-order valence-corrected chi connectivity index (χ3v) is 3.47. The average Bonchev–Trinajstić information content (AvgIpc) is 3.10. The van der Waals surface area contributed by atoms with Gasteiger partial charge in [0.25, 0.3) is 5.91 Å². The lowest BCUT2D eigenvalue weighted by Gasteiger charge is -2.08. The number of ether oxygens (including phenoxy) is 2. The topological polar surface area (TPSA) is 89.8 Å². The molecule has 134 valence electrons. The zero-order chi connectivity index (χ0) is 18.4. The Hall–Kier alpha value is -3.48. The van der Waals surface area contributed by atoms with Crippen LogP contribution in [0.4, 0.5) is 0 Å². The van der Waals surface area contributed by atoms with Crippen LogP contribution < -0.4 is 20.3 Å². The van der Waals surface area contributed by atoms with Crippen molar-refractivity contribution >= 4 is 22.8 Å². The lowest BCUT2D eigenvalue weighted by atomic mass is 10.2. The summed E-state index contributed by atoms with van der Waals surface area (Å²) in [6.45, 7) is 2.23. The second-order valence-electron chi connectivity index (χ2n) is 5.34. The molecule has 0 atom stereocenters. The van der Waals surface area contributed by atoms with E-state index in [9.17, 15) is 9.59 Å². The van der Waals surface area contributed by atoms with Crippen LogP contribution in [-0.2, 0) is 4.79 Å². The summed E-state index contributed by atoms with van der Waals surface area (Å²) >= 11 is 0. The normalized spacial score (nSPS) is 10.3. The molecule has 1 aromatic heterocycles. The summed E-state index contributed by atoms with van der Waals surface area (Å²) < 4.78 is 16.1. The molecule has 3 aromatic rings. The van der Waals surface area contributed by atoms with Gasteiger partial charge < -0.3 is 13.9 Å². The van der Waals surface area contributed by atoms with Crippen molar-refractivity contribution in [3.05, 3.63) is 60.4 Å². The van der Waals surface area contributed by atoms with Crippen LogP contribution in [0, 0.1) is 0 Å². The Labute approximate surface area is 149 Å². The van der Waals surface area contributed by atoms with E-state index in [0.717, 1.165) is 11.1 Å². The van der Waals surface area contributed by atoms with Crippen LogP contribution in [0.1, 0.15) is 17.5 Å². The van der Waals surface area contributed by atoms with Crippen molar-refractivity contribution < 1.29 is 23.5 Å². The molecule has 7 heteroatoms.